The lowest BCUT2D eigenvalue weighted by molar-refractivity contribution is -0.138. The summed E-state index contributed by atoms with van der Waals surface area (Å²) in [7, 11) is 0. The van der Waals surface area contributed by atoms with Crippen molar-refractivity contribution < 1.29 is 9.90 Å². The third-order valence-electron chi connectivity index (χ3n) is 2.65. The van der Waals surface area contributed by atoms with Crippen molar-refractivity contribution in [3.05, 3.63) is 41.2 Å². The molecule has 0 saturated heterocycles. The van der Waals surface area contributed by atoms with Crippen LogP contribution in [0.25, 0.3) is 0 Å². The molecule has 6 nitrogen and oxygen atoms in total. The van der Waals surface area contributed by atoms with E-state index in [1.807, 2.05) is 19.1 Å². The summed E-state index contributed by atoms with van der Waals surface area (Å²) >= 11 is 1.34. The van der Waals surface area contributed by atoms with Crippen molar-refractivity contribution in [2.45, 2.75) is 19.0 Å². The van der Waals surface area contributed by atoms with Gasteiger partial charge >= 0.3 is 5.97 Å². The topological polar surface area (TPSA) is 101 Å². The minimum absolute atomic E-state index is 0.0584. The molecular weight excluding hydrogens is 264 g/mol. The summed E-state index contributed by atoms with van der Waals surface area (Å²) in [6, 6.07) is 2.80. The molecule has 2 unspecified atom stereocenters. The first-order valence-corrected chi connectivity index (χ1v) is 6.56. The summed E-state index contributed by atoms with van der Waals surface area (Å²) in [6.45, 7) is 1.99. The van der Waals surface area contributed by atoms with Crippen LogP contribution < -0.4 is 11.1 Å². The quantitative estimate of drug-likeness (QED) is 0.771. The molecule has 0 amide bonds. The van der Waals surface area contributed by atoms with Crippen molar-refractivity contribution in [2.24, 2.45) is 5.73 Å². The van der Waals surface area contributed by atoms with E-state index in [1.165, 1.54) is 11.3 Å². The molecule has 0 aliphatic carbocycles. The zero-order valence-corrected chi connectivity index (χ0v) is 11.1. The number of rotatable bonds is 5. The fourth-order valence-corrected chi connectivity index (χ4v) is 2.38. The number of thiazole rings is 1. The maximum atomic E-state index is 10.8. The Morgan fingerprint density at radius 2 is 2.16 bits per heavy atom. The Hall–Kier alpha value is -1.99. The van der Waals surface area contributed by atoms with E-state index >= 15 is 0 Å². The monoisotopic (exact) mass is 278 g/mol. The van der Waals surface area contributed by atoms with E-state index in [4.69, 9.17) is 10.8 Å². The van der Waals surface area contributed by atoms with Gasteiger partial charge in [0.15, 0.2) is 5.13 Å². The Morgan fingerprint density at radius 1 is 1.47 bits per heavy atom. The Balaban J connectivity index is 2.06. The number of pyridine rings is 1. The second-order valence-electron chi connectivity index (χ2n) is 4.04. The number of carboxylic acid groups (broad SMARTS) is 1. The van der Waals surface area contributed by atoms with Gasteiger partial charge in [-0.15, -0.1) is 11.3 Å². The highest BCUT2D eigenvalue weighted by Crippen LogP contribution is 2.24. The Bertz CT molecular complexity index is 558. The number of aliphatic carboxylic acids is 1. The zero-order valence-electron chi connectivity index (χ0n) is 10.3. The lowest BCUT2D eigenvalue weighted by Gasteiger charge is -2.12. The molecule has 0 bridgehead atoms. The molecular formula is C12H14N4O2S. The van der Waals surface area contributed by atoms with Gasteiger partial charge in [0.05, 0.1) is 11.7 Å². The van der Waals surface area contributed by atoms with Crippen LogP contribution in [0.1, 0.15) is 30.3 Å². The number of nitrogens with one attached hydrogen (secondary N) is 1. The summed E-state index contributed by atoms with van der Waals surface area (Å²) < 4.78 is 0. The molecule has 0 spiro atoms. The molecule has 2 rings (SSSR count). The van der Waals surface area contributed by atoms with Crippen molar-refractivity contribution in [1.82, 2.24) is 9.97 Å². The molecule has 0 fully saturated rings. The van der Waals surface area contributed by atoms with E-state index in [0.717, 1.165) is 5.56 Å². The fourth-order valence-electron chi connectivity index (χ4n) is 1.54. The van der Waals surface area contributed by atoms with Crippen molar-refractivity contribution in [2.75, 3.05) is 5.32 Å². The minimum atomic E-state index is -1.08. The van der Waals surface area contributed by atoms with Crippen LogP contribution in [0, 0.1) is 0 Å². The van der Waals surface area contributed by atoms with Crippen molar-refractivity contribution >= 4 is 22.4 Å². The lowest BCUT2D eigenvalue weighted by Crippen LogP contribution is -2.21. The molecule has 0 radical (unpaired) electrons. The maximum Gasteiger partial charge on any atom is 0.326 e. The predicted molar refractivity (Wildman–Crippen MR) is 73.0 cm³/mol. The molecule has 2 atom stereocenters. The van der Waals surface area contributed by atoms with E-state index < -0.39 is 12.0 Å². The highest BCUT2D eigenvalue weighted by molar-refractivity contribution is 7.13. The van der Waals surface area contributed by atoms with E-state index in [9.17, 15) is 4.79 Å². The first kappa shape index (κ1) is 13.4. The molecule has 7 heteroatoms. The van der Waals surface area contributed by atoms with Crippen molar-refractivity contribution in [3.8, 4) is 0 Å². The van der Waals surface area contributed by atoms with Crippen LogP contribution in [0.15, 0.2) is 29.9 Å². The second kappa shape index (κ2) is 5.77. The van der Waals surface area contributed by atoms with Gasteiger partial charge in [-0.1, -0.05) is 0 Å². The number of carboxylic acids is 1. The second-order valence-corrected chi connectivity index (χ2v) is 4.90. The minimum Gasteiger partial charge on any atom is -0.480 e. The highest BCUT2D eigenvalue weighted by Gasteiger charge is 2.18. The number of nitrogens with two attached hydrogens (primary N) is 1. The molecule has 19 heavy (non-hydrogen) atoms. The average molecular weight is 278 g/mol. The summed E-state index contributed by atoms with van der Waals surface area (Å²) in [6.07, 6.45) is 3.45. The third-order valence-corrected chi connectivity index (χ3v) is 3.44. The van der Waals surface area contributed by atoms with Gasteiger partial charge in [0.1, 0.15) is 6.04 Å². The molecule has 0 saturated carbocycles. The van der Waals surface area contributed by atoms with Crippen LogP contribution in [0.5, 0.6) is 0 Å². The van der Waals surface area contributed by atoms with E-state index in [0.29, 0.717) is 10.8 Å². The van der Waals surface area contributed by atoms with E-state index in [1.54, 1.807) is 17.8 Å². The van der Waals surface area contributed by atoms with Crippen molar-refractivity contribution in [3.63, 3.8) is 0 Å². The molecule has 100 valence electrons. The largest absolute Gasteiger partial charge is 0.480 e. The number of anilines is 1. The van der Waals surface area contributed by atoms with Crippen LogP contribution >= 0.6 is 11.3 Å². The maximum absolute atomic E-state index is 10.8. The third kappa shape index (κ3) is 3.27. The number of aromatic nitrogens is 2. The summed E-state index contributed by atoms with van der Waals surface area (Å²) in [5, 5.41) is 14.3. The molecule has 0 aliphatic heterocycles. The number of nitrogens with zero attached hydrogens (tertiary/aromatic N) is 2. The lowest BCUT2D eigenvalue weighted by atomic mass is 10.1. The average Bonchev–Trinajstić information content (AvgIpc) is 2.87. The number of carbonyl (C=O) groups is 1. The van der Waals surface area contributed by atoms with Gasteiger partial charge in [-0.3, -0.25) is 9.78 Å². The first-order chi connectivity index (χ1) is 9.08. The first-order valence-electron chi connectivity index (χ1n) is 5.68. The molecule has 4 N–H and O–H groups in total. The Labute approximate surface area is 114 Å². The Morgan fingerprint density at radius 3 is 2.79 bits per heavy atom. The summed E-state index contributed by atoms with van der Waals surface area (Å²) in [5.41, 5.74) is 6.94. The van der Waals surface area contributed by atoms with Crippen LogP contribution in [0.3, 0.4) is 0 Å². The van der Waals surface area contributed by atoms with Crippen LogP contribution in [0.2, 0.25) is 0 Å². The number of hydrogen-bond acceptors (Lipinski definition) is 6. The van der Waals surface area contributed by atoms with Crippen LogP contribution in [-0.2, 0) is 4.79 Å². The van der Waals surface area contributed by atoms with E-state index in [-0.39, 0.29) is 6.04 Å². The van der Waals surface area contributed by atoms with E-state index in [2.05, 4.69) is 15.3 Å². The SMILES string of the molecule is CC(Nc1nc(C(N)C(=O)O)cs1)c1ccncc1. The normalized spacial score (nSPS) is 13.8. The van der Waals surface area contributed by atoms with Gasteiger partial charge < -0.3 is 16.2 Å². The standard InChI is InChI=1S/C12H14N4O2S/c1-7(8-2-4-14-5-3-8)15-12-16-9(6-19-12)10(13)11(17)18/h2-7,10H,13H2,1H3,(H,15,16)(H,17,18). The smallest absolute Gasteiger partial charge is 0.326 e. The van der Waals surface area contributed by atoms with Gasteiger partial charge in [0, 0.05) is 17.8 Å². The molecule has 2 aromatic rings. The molecule has 2 heterocycles. The van der Waals surface area contributed by atoms with Gasteiger partial charge in [-0.05, 0) is 24.6 Å². The van der Waals surface area contributed by atoms with Crippen LogP contribution in [-0.4, -0.2) is 21.0 Å². The van der Waals surface area contributed by atoms with Gasteiger partial charge in [0.25, 0.3) is 0 Å². The van der Waals surface area contributed by atoms with Crippen molar-refractivity contribution in [1.29, 1.82) is 0 Å². The summed E-state index contributed by atoms with van der Waals surface area (Å²) in [4.78, 5) is 18.9. The molecule has 2 aromatic heterocycles. The molecule has 0 aliphatic rings. The highest BCUT2D eigenvalue weighted by atomic mass is 32.1. The Kier molecular flexibility index (Phi) is 4.08. The van der Waals surface area contributed by atoms with Gasteiger partial charge in [-0.2, -0.15) is 0 Å². The summed E-state index contributed by atoms with van der Waals surface area (Å²) in [5.74, 6) is -1.08. The van der Waals surface area contributed by atoms with Crippen LogP contribution in [0.4, 0.5) is 5.13 Å². The predicted octanol–water partition coefficient (Wildman–Crippen LogP) is 1.80. The van der Waals surface area contributed by atoms with Gasteiger partial charge in [-0.25, -0.2) is 4.98 Å². The molecule has 0 aromatic carbocycles. The zero-order chi connectivity index (χ0) is 13.8. The van der Waals surface area contributed by atoms with Gasteiger partial charge in [0.2, 0.25) is 0 Å². The fraction of sp³-hybridized carbons (Fsp3) is 0.250. The number of hydrogen-bond donors (Lipinski definition) is 3.